The molecule has 0 saturated carbocycles. The predicted molar refractivity (Wildman–Crippen MR) is 78.7 cm³/mol. The first-order valence-corrected chi connectivity index (χ1v) is 9.28. The van der Waals surface area contributed by atoms with Crippen LogP contribution in [-0.2, 0) is 9.84 Å². The largest absolute Gasteiger partial charge is 0.319 e. The third-order valence-corrected chi connectivity index (χ3v) is 6.46. The summed E-state index contributed by atoms with van der Waals surface area (Å²) in [6, 6.07) is 0. The summed E-state index contributed by atoms with van der Waals surface area (Å²) in [7, 11) is -3.33. The van der Waals surface area contributed by atoms with Gasteiger partial charge >= 0.3 is 0 Å². The second-order valence-electron chi connectivity index (χ2n) is 4.21. The molecule has 2 rings (SSSR count). The molecule has 1 aromatic heterocycles. The van der Waals surface area contributed by atoms with Gasteiger partial charge in [-0.25, -0.2) is 13.4 Å². The van der Waals surface area contributed by atoms with Crippen molar-refractivity contribution in [3.05, 3.63) is 23.2 Å². The monoisotopic (exact) mass is 335 g/mol. The second-order valence-corrected chi connectivity index (χ2v) is 8.19. The van der Waals surface area contributed by atoms with Crippen LogP contribution < -0.4 is 0 Å². The quantitative estimate of drug-likeness (QED) is 0.822. The smallest absolute Gasteiger partial charge is 0.275 e. The normalized spacial score (nSPS) is 19.9. The van der Waals surface area contributed by atoms with Crippen molar-refractivity contribution in [2.24, 2.45) is 0 Å². The van der Waals surface area contributed by atoms with Gasteiger partial charge in [0.15, 0.2) is 9.84 Å². The minimum Gasteiger partial charge on any atom is -0.319 e. The first kappa shape index (κ1) is 15.5. The van der Waals surface area contributed by atoms with Crippen molar-refractivity contribution in [1.29, 1.82) is 0 Å². The van der Waals surface area contributed by atoms with Gasteiger partial charge in [-0.3, -0.25) is 9.78 Å². The highest BCUT2D eigenvalue weighted by Crippen LogP contribution is 2.23. The molecule has 2 heterocycles. The number of halogens is 1. The Morgan fingerprint density at radius 2 is 2.30 bits per heavy atom. The molecule has 0 bridgehead atoms. The van der Waals surface area contributed by atoms with Crippen molar-refractivity contribution in [2.75, 3.05) is 23.8 Å². The number of carbonyl (C=O) groups excluding carboxylic acids is 1. The standard InChI is InChI=1S/C11H14ClN3O3S2/c1-2-20(17,18)10-7-19-4-3-15(10)11(16)8-5-13-6-9(12)14-8/h5-6,10H,2-4,7H2,1H3. The second kappa shape index (κ2) is 6.28. The first-order chi connectivity index (χ1) is 9.45. The molecule has 110 valence electrons. The lowest BCUT2D eigenvalue weighted by atomic mass is 10.3. The molecular formula is C11H14ClN3O3S2. The van der Waals surface area contributed by atoms with Gasteiger partial charge in [-0.2, -0.15) is 11.8 Å². The molecule has 1 atom stereocenters. The Morgan fingerprint density at radius 3 is 2.95 bits per heavy atom. The van der Waals surface area contributed by atoms with E-state index in [1.807, 2.05) is 0 Å². The van der Waals surface area contributed by atoms with Gasteiger partial charge in [-0.05, 0) is 0 Å². The summed E-state index contributed by atoms with van der Waals surface area (Å²) in [4.78, 5) is 21.5. The number of aromatic nitrogens is 2. The zero-order chi connectivity index (χ0) is 14.8. The van der Waals surface area contributed by atoms with Crippen LogP contribution in [0.5, 0.6) is 0 Å². The zero-order valence-electron chi connectivity index (χ0n) is 10.8. The molecule has 0 radical (unpaired) electrons. The van der Waals surface area contributed by atoms with Crippen molar-refractivity contribution in [3.8, 4) is 0 Å². The van der Waals surface area contributed by atoms with Gasteiger partial charge in [-0.15, -0.1) is 0 Å². The number of rotatable bonds is 3. The summed E-state index contributed by atoms with van der Waals surface area (Å²) < 4.78 is 24.2. The third kappa shape index (κ3) is 3.24. The van der Waals surface area contributed by atoms with Gasteiger partial charge in [0.1, 0.15) is 16.2 Å². The fraction of sp³-hybridized carbons (Fsp3) is 0.545. The maximum atomic E-state index is 12.4. The molecular weight excluding hydrogens is 322 g/mol. The maximum Gasteiger partial charge on any atom is 0.275 e. The maximum absolute atomic E-state index is 12.4. The van der Waals surface area contributed by atoms with Crippen LogP contribution in [0.3, 0.4) is 0 Å². The molecule has 1 fully saturated rings. The van der Waals surface area contributed by atoms with Crippen LogP contribution in [0.4, 0.5) is 0 Å². The Morgan fingerprint density at radius 1 is 1.55 bits per heavy atom. The molecule has 6 nitrogen and oxygen atoms in total. The molecule has 1 saturated heterocycles. The summed E-state index contributed by atoms with van der Waals surface area (Å²) >= 11 is 7.24. The Balaban J connectivity index is 2.31. The number of nitrogens with zero attached hydrogens (tertiary/aromatic N) is 3. The topological polar surface area (TPSA) is 80.2 Å². The SMILES string of the molecule is CCS(=O)(=O)C1CSCCN1C(=O)c1cncc(Cl)n1. The highest BCUT2D eigenvalue weighted by molar-refractivity contribution is 8.01. The van der Waals surface area contributed by atoms with E-state index in [4.69, 9.17) is 11.6 Å². The number of hydrogen-bond donors (Lipinski definition) is 0. The van der Waals surface area contributed by atoms with Crippen LogP contribution in [0.15, 0.2) is 12.4 Å². The van der Waals surface area contributed by atoms with E-state index in [1.165, 1.54) is 29.1 Å². The number of amides is 1. The van der Waals surface area contributed by atoms with Crippen LogP contribution in [0.25, 0.3) is 0 Å². The molecule has 1 amide bonds. The molecule has 9 heteroatoms. The fourth-order valence-corrected chi connectivity index (χ4v) is 5.01. The Kier molecular flexibility index (Phi) is 4.87. The van der Waals surface area contributed by atoms with E-state index >= 15 is 0 Å². The molecule has 0 spiro atoms. The summed E-state index contributed by atoms with van der Waals surface area (Å²) in [5, 5.41) is -0.698. The van der Waals surface area contributed by atoms with Gasteiger partial charge in [-0.1, -0.05) is 18.5 Å². The fourth-order valence-electron chi connectivity index (χ4n) is 1.90. The zero-order valence-corrected chi connectivity index (χ0v) is 13.2. The first-order valence-electron chi connectivity index (χ1n) is 6.03. The molecule has 0 aliphatic carbocycles. The van der Waals surface area contributed by atoms with Gasteiger partial charge in [0.05, 0.1) is 12.4 Å². The molecule has 1 aromatic rings. The van der Waals surface area contributed by atoms with Crippen molar-refractivity contribution < 1.29 is 13.2 Å². The van der Waals surface area contributed by atoms with E-state index in [-0.39, 0.29) is 16.6 Å². The minimum absolute atomic E-state index is 0.00321. The minimum atomic E-state index is -3.33. The summed E-state index contributed by atoms with van der Waals surface area (Å²) in [6.07, 6.45) is 2.62. The van der Waals surface area contributed by atoms with Gasteiger partial charge in [0.25, 0.3) is 5.91 Å². The number of thioether (sulfide) groups is 1. The van der Waals surface area contributed by atoms with Gasteiger partial charge in [0, 0.05) is 23.8 Å². The van der Waals surface area contributed by atoms with Gasteiger partial charge in [0.2, 0.25) is 0 Å². The van der Waals surface area contributed by atoms with Crippen molar-refractivity contribution in [1.82, 2.24) is 14.9 Å². The molecule has 1 unspecified atom stereocenters. The summed E-state index contributed by atoms with van der Waals surface area (Å²) in [5.74, 6) is 0.650. The Bertz CT molecular complexity index is 609. The summed E-state index contributed by atoms with van der Waals surface area (Å²) in [6.45, 7) is 1.96. The van der Waals surface area contributed by atoms with Crippen LogP contribution in [-0.4, -0.2) is 58.4 Å². The average Bonchev–Trinajstić information content (AvgIpc) is 2.46. The van der Waals surface area contributed by atoms with E-state index in [0.29, 0.717) is 18.1 Å². The van der Waals surface area contributed by atoms with Crippen molar-refractivity contribution >= 4 is 39.1 Å². The van der Waals surface area contributed by atoms with E-state index < -0.39 is 21.1 Å². The van der Waals surface area contributed by atoms with Gasteiger partial charge < -0.3 is 4.90 Å². The summed E-state index contributed by atoms with van der Waals surface area (Å²) in [5.41, 5.74) is 0.0701. The van der Waals surface area contributed by atoms with Crippen LogP contribution >= 0.6 is 23.4 Å². The number of carbonyl (C=O) groups is 1. The lowest BCUT2D eigenvalue weighted by molar-refractivity contribution is 0.0743. The molecule has 1 aliphatic rings. The van der Waals surface area contributed by atoms with Crippen LogP contribution in [0.1, 0.15) is 17.4 Å². The highest BCUT2D eigenvalue weighted by atomic mass is 35.5. The number of hydrogen-bond acceptors (Lipinski definition) is 6. The highest BCUT2D eigenvalue weighted by Gasteiger charge is 2.36. The van der Waals surface area contributed by atoms with Crippen molar-refractivity contribution in [3.63, 3.8) is 0 Å². The molecule has 20 heavy (non-hydrogen) atoms. The third-order valence-electron chi connectivity index (χ3n) is 2.99. The lowest BCUT2D eigenvalue weighted by Crippen LogP contribution is -2.50. The molecule has 1 aliphatic heterocycles. The van der Waals surface area contributed by atoms with Crippen LogP contribution in [0, 0.1) is 0 Å². The lowest BCUT2D eigenvalue weighted by Gasteiger charge is -2.34. The average molecular weight is 336 g/mol. The predicted octanol–water partition coefficient (Wildman–Crippen LogP) is 1.08. The van der Waals surface area contributed by atoms with Crippen LogP contribution in [0.2, 0.25) is 5.15 Å². The Labute approximate surface area is 126 Å². The van der Waals surface area contributed by atoms with Crippen molar-refractivity contribution in [2.45, 2.75) is 12.3 Å². The van der Waals surface area contributed by atoms with E-state index in [2.05, 4.69) is 9.97 Å². The molecule has 0 N–H and O–H groups in total. The number of sulfone groups is 1. The molecule has 0 aromatic carbocycles. The van der Waals surface area contributed by atoms with E-state index in [0.717, 1.165) is 0 Å². The van der Waals surface area contributed by atoms with E-state index in [1.54, 1.807) is 6.92 Å². The Hall–Kier alpha value is -0.860. The van der Waals surface area contributed by atoms with E-state index in [9.17, 15) is 13.2 Å².